The second-order valence-corrected chi connectivity index (χ2v) is 5.56. The van der Waals surface area contributed by atoms with Crippen LogP contribution in [0.4, 0.5) is 0 Å². The lowest BCUT2D eigenvalue weighted by atomic mass is 10.1. The summed E-state index contributed by atoms with van der Waals surface area (Å²) in [6.45, 7) is 3.80. The van der Waals surface area contributed by atoms with Gasteiger partial charge in [-0.15, -0.1) is 0 Å². The number of hydrogen-bond acceptors (Lipinski definition) is 4. The van der Waals surface area contributed by atoms with Crippen molar-refractivity contribution >= 4 is 5.91 Å². The highest BCUT2D eigenvalue weighted by atomic mass is 16.5. The molecule has 0 aromatic heterocycles. The van der Waals surface area contributed by atoms with E-state index < -0.39 is 0 Å². The third kappa shape index (κ3) is 9.21. The molecule has 1 unspecified atom stereocenters. The zero-order valence-corrected chi connectivity index (χ0v) is 14.5. The lowest BCUT2D eigenvalue weighted by Gasteiger charge is -2.14. The van der Waals surface area contributed by atoms with E-state index in [4.69, 9.17) is 14.2 Å². The summed E-state index contributed by atoms with van der Waals surface area (Å²) in [5.74, 6) is 0.949. The fraction of sp³-hybridized carbons (Fsp3) is 0.611. The summed E-state index contributed by atoms with van der Waals surface area (Å²) in [6.07, 6.45) is 3.09. The number of carbonyl (C=O) groups is 1. The molecule has 23 heavy (non-hydrogen) atoms. The van der Waals surface area contributed by atoms with Crippen LogP contribution in [0.1, 0.15) is 31.7 Å². The van der Waals surface area contributed by atoms with Crippen LogP contribution in [0.15, 0.2) is 24.3 Å². The molecular formula is C18H29NO4. The van der Waals surface area contributed by atoms with E-state index in [0.29, 0.717) is 26.2 Å². The molecule has 1 rings (SSSR count). The number of methoxy groups -OCH3 is 2. The smallest absolute Gasteiger partial charge is 0.220 e. The summed E-state index contributed by atoms with van der Waals surface area (Å²) in [7, 11) is 3.30. The number of rotatable bonds is 12. The molecule has 0 aliphatic carbocycles. The molecule has 0 bridgehead atoms. The molecule has 0 heterocycles. The fourth-order valence-electron chi connectivity index (χ4n) is 2.17. The Bertz CT molecular complexity index is 433. The Balaban J connectivity index is 2.12. The van der Waals surface area contributed by atoms with Crippen LogP contribution < -0.4 is 10.1 Å². The van der Waals surface area contributed by atoms with Gasteiger partial charge in [-0.2, -0.15) is 0 Å². The third-order valence-electron chi connectivity index (χ3n) is 3.56. The van der Waals surface area contributed by atoms with Crippen LogP contribution >= 0.6 is 0 Å². The molecule has 0 spiro atoms. The maximum Gasteiger partial charge on any atom is 0.220 e. The zero-order chi connectivity index (χ0) is 16.9. The Labute approximate surface area is 139 Å². The molecule has 0 aliphatic heterocycles. The van der Waals surface area contributed by atoms with Crippen LogP contribution in [0.3, 0.4) is 0 Å². The van der Waals surface area contributed by atoms with Gasteiger partial charge in [0.25, 0.3) is 0 Å². The van der Waals surface area contributed by atoms with Crippen molar-refractivity contribution in [2.75, 3.05) is 34.0 Å². The minimum absolute atomic E-state index is 0.0857. The van der Waals surface area contributed by atoms with Gasteiger partial charge >= 0.3 is 0 Å². The first-order valence-corrected chi connectivity index (χ1v) is 8.14. The van der Waals surface area contributed by atoms with E-state index in [-0.39, 0.29) is 11.9 Å². The molecule has 1 amide bonds. The van der Waals surface area contributed by atoms with E-state index in [0.717, 1.165) is 25.0 Å². The molecule has 1 aromatic carbocycles. The largest absolute Gasteiger partial charge is 0.497 e. The van der Waals surface area contributed by atoms with Crippen molar-refractivity contribution in [1.82, 2.24) is 5.32 Å². The molecule has 0 fully saturated rings. The van der Waals surface area contributed by atoms with Crippen molar-refractivity contribution in [2.24, 2.45) is 0 Å². The second-order valence-electron chi connectivity index (χ2n) is 5.56. The monoisotopic (exact) mass is 323 g/mol. The van der Waals surface area contributed by atoms with Gasteiger partial charge in [0.1, 0.15) is 5.75 Å². The van der Waals surface area contributed by atoms with E-state index in [1.165, 1.54) is 5.56 Å². The van der Waals surface area contributed by atoms with Gasteiger partial charge in [0, 0.05) is 26.2 Å². The second kappa shape index (κ2) is 11.9. The molecule has 1 aromatic rings. The highest BCUT2D eigenvalue weighted by Crippen LogP contribution is 2.13. The SMILES string of the molecule is COCCOCCCC(=O)NC(C)CCc1ccc(OC)cc1. The maximum absolute atomic E-state index is 11.8. The lowest BCUT2D eigenvalue weighted by molar-refractivity contribution is -0.122. The molecule has 0 radical (unpaired) electrons. The van der Waals surface area contributed by atoms with Gasteiger partial charge in [-0.25, -0.2) is 0 Å². The van der Waals surface area contributed by atoms with Gasteiger partial charge in [-0.1, -0.05) is 12.1 Å². The standard InChI is InChI=1S/C18H29NO4/c1-15(6-7-16-8-10-17(22-3)11-9-16)19-18(20)5-4-12-23-14-13-21-2/h8-11,15H,4-7,12-14H2,1-3H3,(H,19,20). The summed E-state index contributed by atoms with van der Waals surface area (Å²) in [6, 6.07) is 8.21. The Morgan fingerprint density at radius 2 is 1.87 bits per heavy atom. The number of ether oxygens (including phenoxy) is 3. The Kier molecular flexibility index (Phi) is 10.1. The van der Waals surface area contributed by atoms with E-state index in [9.17, 15) is 4.79 Å². The summed E-state index contributed by atoms with van der Waals surface area (Å²) in [5.41, 5.74) is 1.25. The van der Waals surface area contributed by atoms with Crippen LogP contribution in [0.2, 0.25) is 0 Å². The van der Waals surface area contributed by atoms with Crippen LogP contribution in [0, 0.1) is 0 Å². The summed E-state index contributed by atoms with van der Waals surface area (Å²) < 4.78 is 15.4. The number of benzene rings is 1. The average molecular weight is 323 g/mol. The first kappa shape index (κ1) is 19.5. The first-order valence-electron chi connectivity index (χ1n) is 8.14. The molecule has 1 N–H and O–H groups in total. The van der Waals surface area contributed by atoms with Crippen molar-refractivity contribution in [2.45, 2.75) is 38.6 Å². The summed E-state index contributed by atoms with van der Waals surface area (Å²) >= 11 is 0. The number of hydrogen-bond donors (Lipinski definition) is 1. The van der Waals surface area contributed by atoms with Gasteiger partial charge in [0.2, 0.25) is 5.91 Å². The Hall–Kier alpha value is -1.59. The van der Waals surface area contributed by atoms with Gasteiger partial charge in [-0.05, 0) is 43.9 Å². The molecule has 5 heteroatoms. The predicted octanol–water partition coefficient (Wildman–Crippen LogP) is 2.58. The highest BCUT2D eigenvalue weighted by Gasteiger charge is 2.07. The van der Waals surface area contributed by atoms with Gasteiger partial charge < -0.3 is 19.5 Å². The predicted molar refractivity (Wildman–Crippen MR) is 90.8 cm³/mol. The fourth-order valence-corrected chi connectivity index (χ4v) is 2.17. The molecule has 0 aliphatic rings. The molecular weight excluding hydrogens is 294 g/mol. The molecule has 1 atom stereocenters. The van der Waals surface area contributed by atoms with Crippen LogP contribution in [-0.2, 0) is 20.7 Å². The van der Waals surface area contributed by atoms with Crippen molar-refractivity contribution in [3.63, 3.8) is 0 Å². The summed E-state index contributed by atoms with van der Waals surface area (Å²) in [4.78, 5) is 11.8. The molecule has 0 saturated carbocycles. The van der Waals surface area contributed by atoms with Crippen LogP contribution in [-0.4, -0.2) is 46.0 Å². The number of aryl methyl sites for hydroxylation is 1. The quantitative estimate of drug-likeness (QED) is 0.601. The van der Waals surface area contributed by atoms with Crippen molar-refractivity contribution in [3.8, 4) is 5.75 Å². The molecule has 5 nitrogen and oxygen atoms in total. The number of nitrogens with one attached hydrogen (secondary N) is 1. The Morgan fingerprint density at radius 1 is 1.13 bits per heavy atom. The minimum Gasteiger partial charge on any atom is -0.497 e. The first-order chi connectivity index (χ1) is 11.2. The van der Waals surface area contributed by atoms with Gasteiger partial charge in [-0.3, -0.25) is 4.79 Å². The van der Waals surface area contributed by atoms with E-state index in [1.807, 2.05) is 19.1 Å². The number of amides is 1. The van der Waals surface area contributed by atoms with Crippen molar-refractivity contribution in [3.05, 3.63) is 29.8 Å². The minimum atomic E-state index is 0.0857. The average Bonchev–Trinajstić information content (AvgIpc) is 2.56. The van der Waals surface area contributed by atoms with Crippen molar-refractivity contribution < 1.29 is 19.0 Å². The summed E-state index contributed by atoms with van der Waals surface area (Å²) in [5, 5.41) is 3.03. The zero-order valence-electron chi connectivity index (χ0n) is 14.5. The van der Waals surface area contributed by atoms with Crippen molar-refractivity contribution in [1.29, 1.82) is 0 Å². The molecule has 0 saturated heterocycles. The maximum atomic E-state index is 11.8. The van der Waals surface area contributed by atoms with E-state index in [2.05, 4.69) is 17.4 Å². The molecule has 130 valence electrons. The number of carbonyl (C=O) groups excluding carboxylic acids is 1. The normalized spacial score (nSPS) is 12.0. The topological polar surface area (TPSA) is 56.8 Å². The van der Waals surface area contributed by atoms with Gasteiger partial charge in [0.15, 0.2) is 0 Å². The highest BCUT2D eigenvalue weighted by molar-refractivity contribution is 5.76. The Morgan fingerprint density at radius 3 is 2.52 bits per heavy atom. The van der Waals surface area contributed by atoms with E-state index >= 15 is 0 Å². The third-order valence-corrected chi connectivity index (χ3v) is 3.56. The van der Waals surface area contributed by atoms with Crippen LogP contribution in [0.25, 0.3) is 0 Å². The van der Waals surface area contributed by atoms with Crippen LogP contribution in [0.5, 0.6) is 5.75 Å². The van der Waals surface area contributed by atoms with E-state index in [1.54, 1.807) is 14.2 Å². The lowest BCUT2D eigenvalue weighted by Crippen LogP contribution is -2.32. The van der Waals surface area contributed by atoms with Gasteiger partial charge in [0.05, 0.1) is 20.3 Å².